The molecule has 2 aliphatic rings. The molecule has 0 atom stereocenters. The van der Waals surface area contributed by atoms with Crippen molar-refractivity contribution in [2.45, 2.75) is 46.0 Å². The van der Waals surface area contributed by atoms with Gasteiger partial charge in [0.25, 0.3) is 0 Å². The molecule has 0 aliphatic heterocycles. The van der Waals surface area contributed by atoms with Crippen LogP contribution in [-0.4, -0.2) is 23.1 Å². The van der Waals surface area contributed by atoms with Gasteiger partial charge in [-0.15, -0.1) is 0 Å². The molecule has 4 heteroatoms. The van der Waals surface area contributed by atoms with Crippen molar-refractivity contribution in [2.75, 3.05) is 23.7 Å². The van der Waals surface area contributed by atoms with Gasteiger partial charge in [0.15, 0.2) is 0 Å². The van der Waals surface area contributed by atoms with E-state index in [4.69, 9.17) is 0 Å². The minimum absolute atomic E-state index is 0.753. The van der Waals surface area contributed by atoms with Gasteiger partial charge in [-0.05, 0) is 56.8 Å². The number of hydrogen-bond donors (Lipinski definition) is 2. The van der Waals surface area contributed by atoms with Gasteiger partial charge in [0, 0.05) is 24.8 Å². The summed E-state index contributed by atoms with van der Waals surface area (Å²) in [7, 11) is 0. The molecule has 20 heavy (non-hydrogen) atoms. The molecular weight excluding hydrogens is 248 g/mol. The Labute approximate surface area is 121 Å². The average molecular weight is 274 g/mol. The summed E-state index contributed by atoms with van der Waals surface area (Å²) in [6, 6.07) is 2.05. The largest absolute Gasteiger partial charge is 0.370 e. The molecular formula is C16H26N4. The summed E-state index contributed by atoms with van der Waals surface area (Å²) in [6.45, 7) is 6.19. The monoisotopic (exact) mass is 274 g/mol. The summed E-state index contributed by atoms with van der Waals surface area (Å²) in [5.41, 5.74) is 1.02. The average Bonchev–Trinajstić information content (AvgIpc) is 3.28. The molecule has 2 N–H and O–H groups in total. The van der Waals surface area contributed by atoms with Gasteiger partial charge >= 0.3 is 0 Å². The minimum Gasteiger partial charge on any atom is -0.370 e. The molecule has 0 amide bonds. The molecule has 1 aromatic rings. The van der Waals surface area contributed by atoms with Crippen molar-refractivity contribution in [3.8, 4) is 0 Å². The van der Waals surface area contributed by atoms with Crippen molar-refractivity contribution in [3.63, 3.8) is 0 Å². The van der Waals surface area contributed by atoms with Gasteiger partial charge in [0.1, 0.15) is 5.82 Å². The molecule has 0 unspecified atom stereocenters. The topological polar surface area (TPSA) is 49.8 Å². The highest BCUT2D eigenvalue weighted by Gasteiger charge is 2.41. The van der Waals surface area contributed by atoms with E-state index >= 15 is 0 Å². The molecule has 110 valence electrons. The molecule has 3 rings (SSSR count). The summed E-state index contributed by atoms with van der Waals surface area (Å²) in [5.74, 6) is 4.56. The van der Waals surface area contributed by atoms with E-state index in [-0.39, 0.29) is 0 Å². The third kappa shape index (κ3) is 3.62. The Balaban J connectivity index is 1.59. The van der Waals surface area contributed by atoms with Crippen molar-refractivity contribution in [1.82, 2.24) is 9.97 Å². The minimum atomic E-state index is 0.753. The predicted molar refractivity (Wildman–Crippen MR) is 83.0 cm³/mol. The van der Waals surface area contributed by atoms with Gasteiger partial charge in [-0.1, -0.05) is 6.92 Å². The van der Waals surface area contributed by atoms with Crippen molar-refractivity contribution < 1.29 is 0 Å². The molecule has 1 aromatic heterocycles. The number of nitrogens with zero attached hydrogens (tertiary/aromatic N) is 2. The Morgan fingerprint density at radius 3 is 2.45 bits per heavy atom. The van der Waals surface area contributed by atoms with Crippen LogP contribution in [0.25, 0.3) is 0 Å². The summed E-state index contributed by atoms with van der Waals surface area (Å²) < 4.78 is 0. The third-order valence-corrected chi connectivity index (χ3v) is 4.36. The highest BCUT2D eigenvalue weighted by atomic mass is 15.1. The van der Waals surface area contributed by atoms with Crippen molar-refractivity contribution >= 4 is 11.8 Å². The van der Waals surface area contributed by atoms with Gasteiger partial charge in [0.05, 0.1) is 0 Å². The normalized spacial score (nSPS) is 18.4. The Bertz CT molecular complexity index is 440. The van der Waals surface area contributed by atoms with Crippen molar-refractivity contribution in [1.29, 1.82) is 0 Å². The fourth-order valence-electron chi connectivity index (χ4n) is 2.96. The third-order valence-electron chi connectivity index (χ3n) is 4.36. The van der Waals surface area contributed by atoms with Gasteiger partial charge in [-0.25, -0.2) is 4.98 Å². The molecule has 4 nitrogen and oxygen atoms in total. The fourth-order valence-corrected chi connectivity index (χ4v) is 2.96. The van der Waals surface area contributed by atoms with E-state index < -0.39 is 0 Å². The van der Waals surface area contributed by atoms with E-state index in [2.05, 4.69) is 27.5 Å². The fraction of sp³-hybridized carbons (Fsp3) is 0.750. The van der Waals surface area contributed by atoms with Crippen LogP contribution in [0, 0.1) is 24.7 Å². The molecule has 2 aliphatic carbocycles. The first kappa shape index (κ1) is 13.7. The van der Waals surface area contributed by atoms with Gasteiger partial charge < -0.3 is 10.6 Å². The van der Waals surface area contributed by atoms with Crippen LogP contribution in [-0.2, 0) is 0 Å². The van der Waals surface area contributed by atoms with E-state index in [9.17, 15) is 0 Å². The lowest BCUT2D eigenvalue weighted by Crippen LogP contribution is -2.19. The standard InChI is InChI=1S/C16H26N4/c1-3-8-17-16-19-11(2)9-15(20-16)18-10-14(12-4-5-12)13-6-7-13/h9,12-14H,3-8,10H2,1-2H3,(H2,17,18,19,20). The second-order valence-corrected chi connectivity index (χ2v) is 6.36. The van der Waals surface area contributed by atoms with Crippen LogP contribution in [0.4, 0.5) is 11.8 Å². The number of aryl methyl sites for hydroxylation is 1. The first-order valence-corrected chi connectivity index (χ1v) is 8.09. The Kier molecular flexibility index (Phi) is 4.08. The molecule has 0 aromatic carbocycles. The van der Waals surface area contributed by atoms with Crippen LogP contribution in [0.2, 0.25) is 0 Å². The number of nitrogens with one attached hydrogen (secondary N) is 2. The summed E-state index contributed by atoms with van der Waals surface area (Å²) in [6.07, 6.45) is 6.85. The van der Waals surface area contributed by atoms with Gasteiger partial charge in [-0.2, -0.15) is 4.98 Å². The van der Waals surface area contributed by atoms with Crippen molar-refractivity contribution in [2.24, 2.45) is 17.8 Å². The number of aromatic nitrogens is 2. The summed E-state index contributed by atoms with van der Waals surface area (Å²) in [5, 5.41) is 6.83. The maximum Gasteiger partial charge on any atom is 0.224 e. The zero-order valence-electron chi connectivity index (χ0n) is 12.7. The van der Waals surface area contributed by atoms with Crippen LogP contribution >= 0.6 is 0 Å². The highest BCUT2D eigenvalue weighted by Crippen LogP contribution is 2.49. The van der Waals surface area contributed by atoms with Crippen LogP contribution in [0.15, 0.2) is 6.07 Å². The molecule has 1 heterocycles. The summed E-state index contributed by atoms with van der Waals surface area (Å²) >= 11 is 0. The van der Waals surface area contributed by atoms with E-state index in [1.54, 1.807) is 0 Å². The quantitative estimate of drug-likeness (QED) is 0.762. The summed E-state index contributed by atoms with van der Waals surface area (Å²) in [4.78, 5) is 9.00. The number of rotatable bonds is 8. The van der Waals surface area contributed by atoms with Crippen molar-refractivity contribution in [3.05, 3.63) is 11.8 Å². The molecule has 2 saturated carbocycles. The highest BCUT2D eigenvalue weighted by molar-refractivity contribution is 5.42. The van der Waals surface area contributed by atoms with Gasteiger partial charge in [0.2, 0.25) is 5.95 Å². The maximum atomic E-state index is 4.57. The zero-order valence-corrected chi connectivity index (χ0v) is 12.7. The van der Waals surface area contributed by atoms with Crippen LogP contribution < -0.4 is 10.6 Å². The smallest absolute Gasteiger partial charge is 0.224 e. The lowest BCUT2D eigenvalue weighted by Gasteiger charge is -2.17. The first-order valence-electron chi connectivity index (χ1n) is 8.09. The van der Waals surface area contributed by atoms with E-state index in [1.807, 2.05) is 13.0 Å². The lowest BCUT2D eigenvalue weighted by atomic mass is 9.98. The molecule has 0 spiro atoms. The SMILES string of the molecule is CCCNc1nc(C)cc(NCC(C2CC2)C2CC2)n1. The van der Waals surface area contributed by atoms with E-state index in [0.29, 0.717) is 0 Å². The zero-order chi connectivity index (χ0) is 13.9. The lowest BCUT2D eigenvalue weighted by molar-refractivity contribution is 0.427. The number of anilines is 2. The first-order chi connectivity index (χ1) is 9.76. The molecule has 0 bridgehead atoms. The van der Waals surface area contributed by atoms with Gasteiger partial charge in [-0.3, -0.25) is 0 Å². The van der Waals surface area contributed by atoms with Crippen LogP contribution in [0.5, 0.6) is 0 Å². The van der Waals surface area contributed by atoms with E-state index in [1.165, 1.54) is 25.7 Å². The predicted octanol–water partition coefficient (Wildman–Crippen LogP) is 3.46. The van der Waals surface area contributed by atoms with E-state index in [0.717, 1.165) is 54.7 Å². The molecule has 0 radical (unpaired) electrons. The number of hydrogen-bond acceptors (Lipinski definition) is 4. The second kappa shape index (κ2) is 5.98. The van der Waals surface area contributed by atoms with Crippen LogP contribution in [0.3, 0.4) is 0 Å². The second-order valence-electron chi connectivity index (χ2n) is 6.36. The molecule has 2 fully saturated rings. The Morgan fingerprint density at radius 1 is 1.15 bits per heavy atom. The maximum absolute atomic E-state index is 4.57. The van der Waals surface area contributed by atoms with Crippen LogP contribution in [0.1, 0.15) is 44.7 Å². The Hall–Kier alpha value is -1.32. The molecule has 0 saturated heterocycles. The Morgan fingerprint density at radius 2 is 1.85 bits per heavy atom.